The molecule has 3 rings (SSSR count). The van der Waals surface area contributed by atoms with Crippen molar-refractivity contribution in [2.45, 2.75) is 49.5 Å². The van der Waals surface area contributed by atoms with E-state index in [9.17, 15) is 23.3 Å². The van der Waals surface area contributed by atoms with Crippen molar-refractivity contribution in [1.29, 1.82) is 0 Å². The quantitative estimate of drug-likeness (QED) is 0.587. The maximum atomic E-state index is 13.2. The number of nitro groups is 1. The molecule has 1 aromatic carbocycles. The summed E-state index contributed by atoms with van der Waals surface area (Å²) in [6.45, 7) is 1.50. The Labute approximate surface area is 153 Å². The summed E-state index contributed by atoms with van der Waals surface area (Å²) in [5.41, 5.74) is -0.456. The van der Waals surface area contributed by atoms with E-state index in [0.29, 0.717) is 25.9 Å². The molecule has 1 atom stereocenters. The van der Waals surface area contributed by atoms with E-state index < -0.39 is 26.7 Å². The minimum absolute atomic E-state index is 0.174. The van der Waals surface area contributed by atoms with Crippen LogP contribution < -0.4 is 0 Å². The zero-order valence-corrected chi connectivity index (χ0v) is 15.4. The first kappa shape index (κ1) is 18.8. The Hall–Kier alpha value is -2.00. The van der Waals surface area contributed by atoms with Gasteiger partial charge in [0.15, 0.2) is 4.90 Å². The van der Waals surface area contributed by atoms with Crippen LogP contribution in [0, 0.1) is 10.1 Å². The van der Waals surface area contributed by atoms with Gasteiger partial charge in [0.25, 0.3) is 15.7 Å². The number of carbonyl (C=O) groups is 1. The molecule has 0 N–H and O–H groups in total. The number of nitrogens with zero attached hydrogens (tertiary/aromatic N) is 3. The highest BCUT2D eigenvalue weighted by Crippen LogP contribution is 2.31. The minimum atomic E-state index is -4.13. The number of amides is 1. The summed E-state index contributed by atoms with van der Waals surface area (Å²) in [6, 6.07) is 4.55. The number of benzene rings is 1. The van der Waals surface area contributed by atoms with Crippen LogP contribution in [0.25, 0.3) is 0 Å². The van der Waals surface area contributed by atoms with Gasteiger partial charge in [-0.25, -0.2) is 8.42 Å². The smallest absolute Gasteiger partial charge is 0.289 e. The predicted octanol–water partition coefficient (Wildman–Crippen LogP) is 2.15. The molecule has 0 saturated carbocycles. The van der Waals surface area contributed by atoms with E-state index in [1.165, 1.54) is 28.6 Å². The summed E-state index contributed by atoms with van der Waals surface area (Å²) >= 11 is 0. The van der Waals surface area contributed by atoms with Gasteiger partial charge in [0, 0.05) is 25.7 Å². The molecule has 2 saturated heterocycles. The Morgan fingerprint density at radius 2 is 1.69 bits per heavy atom. The van der Waals surface area contributed by atoms with E-state index in [4.69, 9.17) is 0 Å². The van der Waals surface area contributed by atoms with E-state index in [1.807, 2.05) is 0 Å². The average molecular weight is 381 g/mol. The molecule has 1 amide bonds. The van der Waals surface area contributed by atoms with E-state index in [2.05, 4.69) is 0 Å². The van der Waals surface area contributed by atoms with Crippen LogP contribution in [0.2, 0.25) is 0 Å². The lowest BCUT2D eigenvalue weighted by Crippen LogP contribution is -2.53. The molecule has 0 aliphatic carbocycles. The Kier molecular flexibility index (Phi) is 5.57. The van der Waals surface area contributed by atoms with Crippen molar-refractivity contribution in [3.05, 3.63) is 34.4 Å². The molecule has 9 heteroatoms. The summed E-state index contributed by atoms with van der Waals surface area (Å²) in [7, 11) is -4.13. The molecule has 0 bridgehead atoms. The van der Waals surface area contributed by atoms with Gasteiger partial charge >= 0.3 is 0 Å². The standard InChI is InChI=1S/C17H23N3O5S/c21-17(18-11-5-1-6-12-18)15-9-4-7-13-19(15)26(24,25)16-10-3-2-8-14(16)20(22)23/h2-3,8,10,15H,1,4-7,9,11-13H2/t15-/m1/s1. The molecular formula is C17H23N3O5S. The first-order valence-corrected chi connectivity index (χ1v) is 10.4. The van der Waals surface area contributed by atoms with Gasteiger partial charge in [0.05, 0.1) is 4.92 Å². The third-order valence-electron chi connectivity index (χ3n) is 5.06. The highest BCUT2D eigenvalue weighted by Gasteiger charge is 2.41. The first-order chi connectivity index (χ1) is 12.4. The van der Waals surface area contributed by atoms with Crippen LogP contribution in [0.1, 0.15) is 38.5 Å². The number of likely N-dealkylation sites (tertiary alicyclic amines) is 1. The average Bonchev–Trinajstić information content (AvgIpc) is 2.68. The first-order valence-electron chi connectivity index (χ1n) is 8.97. The number of para-hydroxylation sites is 1. The maximum Gasteiger partial charge on any atom is 0.289 e. The fourth-order valence-electron chi connectivity index (χ4n) is 3.72. The van der Waals surface area contributed by atoms with Crippen LogP contribution in [0.3, 0.4) is 0 Å². The van der Waals surface area contributed by atoms with Crippen molar-refractivity contribution in [1.82, 2.24) is 9.21 Å². The minimum Gasteiger partial charge on any atom is -0.341 e. The molecule has 2 heterocycles. The normalized spacial score (nSPS) is 22.2. The fourth-order valence-corrected chi connectivity index (χ4v) is 5.53. The Morgan fingerprint density at radius 1 is 1.04 bits per heavy atom. The number of nitro benzene ring substituents is 1. The Morgan fingerprint density at radius 3 is 2.38 bits per heavy atom. The number of hydrogen-bond acceptors (Lipinski definition) is 5. The van der Waals surface area contributed by atoms with Gasteiger partial charge in [-0.15, -0.1) is 0 Å². The Balaban J connectivity index is 1.94. The summed E-state index contributed by atoms with van der Waals surface area (Å²) in [5, 5.41) is 11.3. The Bertz CT molecular complexity index is 789. The lowest BCUT2D eigenvalue weighted by atomic mass is 10.0. The van der Waals surface area contributed by atoms with Crippen molar-refractivity contribution < 1.29 is 18.1 Å². The summed E-state index contributed by atoms with van der Waals surface area (Å²) in [6.07, 6.45) is 4.80. The maximum absolute atomic E-state index is 13.2. The van der Waals surface area contributed by atoms with Gasteiger partial charge < -0.3 is 4.90 Å². The van der Waals surface area contributed by atoms with E-state index in [1.54, 1.807) is 4.90 Å². The predicted molar refractivity (Wildman–Crippen MR) is 95.1 cm³/mol. The molecule has 2 aliphatic heterocycles. The molecule has 0 spiro atoms. The van der Waals surface area contributed by atoms with Crippen molar-refractivity contribution in [3.8, 4) is 0 Å². The lowest BCUT2D eigenvalue weighted by molar-refractivity contribution is -0.387. The molecule has 2 fully saturated rings. The SMILES string of the molecule is O=C([C@H]1CCCCN1S(=O)(=O)c1ccccc1[N+](=O)[O-])N1CCCCC1. The van der Waals surface area contributed by atoms with E-state index in [-0.39, 0.29) is 17.3 Å². The van der Waals surface area contributed by atoms with Crippen LogP contribution in [-0.4, -0.2) is 54.1 Å². The molecule has 26 heavy (non-hydrogen) atoms. The molecule has 142 valence electrons. The van der Waals surface area contributed by atoms with Crippen LogP contribution in [-0.2, 0) is 14.8 Å². The van der Waals surface area contributed by atoms with E-state index in [0.717, 1.165) is 25.7 Å². The second-order valence-corrected chi connectivity index (χ2v) is 8.60. The third kappa shape index (κ3) is 3.59. The molecule has 1 aromatic rings. The van der Waals surface area contributed by atoms with Gasteiger partial charge in [0.1, 0.15) is 6.04 Å². The number of carbonyl (C=O) groups excluding carboxylic acids is 1. The molecule has 2 aliphatic rings. The van der Waals surface area contributed by atoms with Gasteiger partial charge in [0.2, 0.25) is 5.91 Å². The summed E-state index contributed by atoms with van der Waals surface area (Å²) in [5.74, 6) is -0.174. The molecule has 0 aromatic heterocycles. The molecule has 0 radical (unpaired) electrons. The highest BCUT2D eigenvalue weighted by atomic mass is 32.2. The van der Waals surface area contributed by atoms with Crippen LogP contribution in [0.4, 0.5) is 5.69 Å². The second-order valence-electron chi connectivity index (χ2n) is 6.74. The number of rotatable bonds is 4. The van der Waals surface area contributed by atoms with Crippen molar-refractivity contribution in [2.75, 3.05) is 19.6 Å². The van der Waals surface area contributed by atoms with Crippen molar-refractivity contribution in [3.63, 3.8) is 0 Å². The summed E-state index contributed by atoms with van der Waals surface area (Å²) < 4.78 is 27.5. The largest absolute Gasteiger partial charge is 0.341 e. The van der Waals surface area contributed by atoms with Crippen LogP contribution in [0.5, 0.6) is 0 Å². The molecule has 0 unspecified atom stereocenters. The van der Waals surface area contributed by atoms with Crippen LogP contribution >= 0.6 is 0 Å². The van der Waals surface area contributed by atoms with E-state index >= 15 is 0 Å². The van der Waals surface area contributed by atoms with Crippen LogP contribution in [0.15, 0.2) is 29.2 Å². The number of piperidine rings is 2. The zero-order chi connectivity index (χ0) is 18.7. The topological polar surface area (TPSA) is 101 Å². The highest BCUT2D eigenvalue weighted by molar-refractivity contribution is 7.89. The number of hydrogen-bond donors (Lipinski definition) is 0. The zero-order valence-electron chi connectivity index (χ0n) is 14.5. The lowest BCUT2D eigenvalue weighted by Gasteiger charge is -2.37. The van der Waals surface area contributed by atoms with Gasteiger partial charge in [-0.2, -0.15) is 4.31 Å². The van der Waals surface area contributed by atoms with Gasteiger partial charge in [-0.3, -0.25) is 14.9 Å². The fraction of sp³-hybridized carbons (Fsp3) is 0.588. The van der Waals surface area contributed by atoms with Crippen molar-refractivity contribution >= 4 is 21.6 Å². The third-order valence-corrected chi connectivity index (χ3v) is 7.01. The van der Waals surface area contributed by atoms with Gasteiger partial charge in [-0.05, 0) is 38.2 Å². The monoisotopic (exact) mass is 381 g/mol. The second kappa shape index (κ2) is 7.71. The summed E-state index contributed by atoms with van der Waals surface area (Å²) in [4.78, 5) is 24.9. The molecular weight excluding hydrogens is 358 g/mol. The molecule has 8 nitrogen and oxygen atoms in total. The number of sulfonamides is 1. The van der Waals surface area contributed by atoms with Gasteiger partial charge in [-0.1, -0.05) is 18.6 Å². The van der Waals surface area contributed by atoms with Crippen molar-refractivity contribution in [2.24, 2.45) is 0 Å².